The molecule has 0 spiro atoms. The van der Waals surface area contributed by atoms with Gasteiger partial charge in [-0.3, -0.25) is 4.79 Å². The summed E-state index contributed by atoms with van der Waals surface area (Å²) in [5, 5.41) is 2.87. The molecular weight excluding hydrogens is 174 g/mol. The van der Waals surface area contributed by atoms with Crippen LogP contribution in [0.2, 0.25) is 0 Å². The summed E-state index contributed by atoms with van der Waals surface area (Å²) in [5.74, 6) is 0.833. The fourth-order valence-electron chi connectivity index (χ4n) is 2.13. The Hall–Kier alpha value is -0.790. The van der Waals surface area contributed by atoms with E-state index >= 15 is 0 Å². The predicted octanol–water partition coefficient (Wildman–Crippen LogP) is 2.65. The smallest absolute Gasteiger partial charge is 0.207 e. The van der Waals surface area contributed by atoms with Gasteiger partial charge in [-0.25, -0.2) is 0 Å². The van der Waals surface area contributed by atoms with Crippen LogP contribution in [0.15, 0.2) is 11.6 Å². The molecule has 1 N–H and O–H groups in total. The summed E-state index contributed by atoms with van der Waals surface area (Å²) in [6, 6.07) is 0.262. The molecule has 0 aromatic rings. The Morgan fingerprint density at radius 1 is 1.64 bits per heavy atom. The van der Waals surface area contributed by atoms with Crippen LogP contribution in [0.1, 0.15) is 46.0 Å². The minimum atomic E-state index is 0.262. The zero-order valence-electron chi connectivity index (χ0n) is 9.25. The van der Waals surface area contributed by atoms with E-state index in [4.69, 9.17) is 0 Å². The third kappa shape index (κ3) is 3.52. The molecular formula is C12H21NO. The van der Waals surface area contributed by atoms with E-state index in [9.17, 15) is 4.79 Å². The van der Waals surface area contributed by atoms with Crippen molar-refractivity contribution in [3.05, 3.63) is 11.6 Å². The van der Waals surface area contributed by atoms with Gasteiger partial charge in [-0.1, -0.05) is 31.9 Å². The molecule has 2 nitrogen and oxygen atoms in total. The van der Waals surface area contributed by atoms with E-state index in [1.54, 1.807) is 0 Å². The Labute approximate surface area is 86.8 Å². The Morgan fingerprint density at radius 2 is 2.43 bits per heavy atom. The molecule has 0 aliphatic heterocycles. The quantitative estimate of drug-likeness (QED) is 0.530. The highest BCUT2D eigenvalue weighted by Crippen LogP contribution is 2.29. The third-order valence-electron chi connectivity index (χ3n) is 2.89. The minimum absolute atomic E-state index is 0.262. The molecule has 2 atom stereocenters. The SMILES string of the molecule is CCCC(/C=C1/CCC(C)C1)NC=O. The molecule has 0 bridgehead atoms. The predicted molar refractivity (Wildman–Crippen MR) is 59.0 cm³/mol. The van der Waals surface area contributed by atoms with Crippen molar-refractivity contribution in [3.8, 4) is 0 Å². The van der Waals surface area contributed by atoms with Gasteiger partial charge in [0.05, 0.1) is 0 Å². The summed E-state index contributed by atoms with van der Waals surface area (Å²) in [5.41, 5.74) is 1.53. The lowest BCUT2D eigenvalue weighted by Gasteiger charge is -2.11. The standard InChI is InChI=1S/C12H21NO/c1-3-4-12(13-9-14)8-11-6-5-10(2)7-11/h8-10,12H,3-7H2,1-2H3,(H,13,14)/b11-8-. The first kappa shape index (κ1) is 11.3. The average Bonchev–Trinajstić information content (AvgIpc) is 2.52. The summed E-state index contributed by atoms with van der Waals surface area (Å²) in [6.45, 7) is 4.44. The zero-order valence-corrected chi connectivity index (χ0v) is 9.25. The molecule has 0 saturated heterocycles. The largest absolute Gasteiger partial charge is 0.352 e. The lowest BCUT2D eigenvalue weighted by Crippen LogP contribution is -2.25. The molecule has 0 aromatic heterocycles. The van der Waals surface area contributed by atoms with Crippen molar-refractivity contribution in [2.24, 2.45) is 5.92 Å². The lowest BCUT2D eigenvalue weighted by molar-refractivity contribution is -0.109. The van der Waals surface area contributed by atoms with E-state index in [0.29, 0.717) is 0 Å². The Kier molecular flexibility index (Phi) is 4.71. The van der Waals surface area contributed by atoms with E-state index in [1.807, 2.05) is 0 Å². The van der Waals surface area contributed by atoms with Crippen molar-refractivity contribution in [2.75, 3.05) is 0 Å². The van der Waals surface area contributed by atoms with Crippen LogP contribution in [0.25, 0.3) is 0 Å². The van der Waals surface area contributed by atoms with Crippen LogP contribution in [0.3, 0.4) is 0 Å². The molecule has 2 heteroatoms. The van der Waals surface area contributed by atoms with Crippen molar-refractivity contribution in [2.45, 2.75) is 52.0 Å². The van der Waals surface area contributed by atoms with Gasteiger partial charge in [-0.2, -0.15) is 0 Å². The minimum Gasteiger partial charge on any atom is -0.352 e. The van der Waals surface area contributed by atoms with E-state index < -0.39 is 0 Å². The van der Waals surface area contributed by atoms with Crippen molar-refractivity contribution >= 4 is 6.41 Å². The maximum atomic E-state index is 10.4. The molecule has 0 radical (unpaired) electrons. The van der Waals surface area contributed by atoms with Crippen LogP contribution >= 0.6 is 0 Å². The van der Waals surface area contributed by atoms with Gasteiger partial charge in [0.25, 0.3) is 0 Å². The van der Waals surface area contributed by atoms with E-state index in [-0.39, 0.29) is 6.04 Å². The van der Waals surface area contributed by atoms with Gasteiger partial charge < -0.3 is 5.32 Å². The molecule has 0 aromatic carbocycles. The van der Waals surface area contributed by atoms with Crippen molar-refractivity contribution in [1.29, 1.82) is 0 Å². The van der Waals surface area contributed by atoms with Gasteiger partial charge in [0.15, 0.2) is 0 Å². The first-order chi connectivity index (χ1) is 6.76. The summed E-state index contributed by atoms with van der Waals surface area (Å²) in [7, 11) is 0. The number of rotatable bonds is 5. The van der Waals surface area contributed by atoms with Gasteiger partial charge >= 0.3 is 0 Å². The molecule has 1 amide bonds. The molecule has 1 saturated carbocycles. The second-order valence-corrected chi connectivity index (χ2v) is 4.35. The van der Waals surface area contributed by atoms with Crippen LogP contribution in [-0.2, 0) is 4.79 Å². The summed E-state index contributed by atoms with van der Waals surface area (Å²) < 4.78 is 0. The van der Waals surface area contributed by atoms with Crippen LogP contribution in [0.5, 0.6) is 0 Å². The number of hydrogen-bond donors (Lipinski definition) is 1. The summed E-state index contributed by atoms with van der Waals surface area (Å²) in [6.07, 6.45) is 9.01. The number of hydrogen-bond acceptors (Lipinski definition) is 1. The van der Waals surface area contributed by atoms with Crippen LogP contribution in [0, 0.1) is 5.92 Å². The molecule has 0 heterocycles. The van der Waals surface area contributed by atoms with E-state index in [1.165, 1.54) is 24.8 Å². The third-order valence-corrected chi connectivity index (χ3v) is 2.89. The monoisotopic (exact) mass is 195 g/mol. The van der Waals surface area contributed by atoms with Gasteiger partial charge in [0, 0.05) is 6.04 Å². The fourth-order valence-corrected chi connectivity index (χ4v) is 2.13. The Balaban J connectivity index is 2.47. The fraction of sp³-hybridized carbons (Fsp3) is 0.750. The normalized spacial score (nSPS) is 26.4. The number of amides is 1. The van der Waals surface area contributed by atoms with Crippen LogP contribution in [0.4, 0.5) is 0 Å². The molecule has 1 aliphatic rings. The zero-order chi connectivity index (χ0) is 10.4. The average molecular weight is 195 g/mol. The summed E-state index contributed by atoms with van der Waals surface area (Å²) >= 11 is 0. The molecule has 1 fully saturated rings. The number of carbonyl (C=O) groups excluding carboxylic acids is 1. The van der Waals surface area contributed by atoms with Crippen LogP contribution < -0.4 is 5.32 Å². The summed E-state index contributed by atoms with van der Waals surface area (Å²) in [4.78, 5) is 10.4. The molecule has 80 valence electrons. The number of nitrogens with one attached hydrogen (secondary N) is 1. The van der Waals surface area contributed by atoms with Gasteiger partial charge in [0.2, 0.25) is 6.41 Å². The topological polar surface area (TPSA) is 29.1 Å². The maximum Gasteiger partial charge on any atom is 0.207 e. The lowest BCUT2D eigenvalue weighted by atomic mass is 10.1. The second kappa shape index (κ2) is 5.84. The molecule has 14 heavy (non-hydrogen) atoms. The Bertz CT molecular complexity index is 210. The maximum absolute atomic E-state index is 10.4. The second-order valence-electron chi connectivity index (χ2n) is 4.35. The number of carbonyl (C=O) groups is 1. The van der Waals surface area contributed by atoms with Gasteiger partial charge in [0.1, 0.15) is 0 Å². The van der Waals surface area contributed by atoms with Crippen LogP contribution in [-0.4, -0.2) is 12.5 Å². The van der Waals surface area contributed by atoms with Gasteiger partial charge in [-0.05, 0) is 31.6 Å². The highest BCUT2D eigenvalue weighted by Gasteiger charge is 2.15. The van der Waals surface area contributed by atoms with Crippen molar-refractivity contribution in [1.82, 2.24) is 5.32 Å². The molecule has 1 rings (SSSR count). The first-order valence-electron chi connectivity index (χ1n) is 5.65. The first-order valence-corrected chi connectivity index (χ1v) is 5.65. The van der Waals surface area contributed by atoms with Crippen molar-refractivity contribution in [3.63, 3.8) is 0 Å². The highest BCUT2D eigenvalue weighted by molar-refractivity contribution is 5.47. The molecule has 2 unspecified atom stereocenters. The Morgan fingerprint density at radius 3 is 2.93 bits per heavy atom. The number of allylic oxidation sites excluding steroid dienone is 1. The molecule has 1 aliphatic carbocycles. The van der Waals surface area contributed by atoms with E-state index in [2.05, 4.69) is 25.2 Å². The van der Waals surface area contributed by atoms with E-state index in [0.717, 1.165) is 25.2 Å². The van der Waals surface area contributed by atoms with Crippen molar-refractivity contribution < 1.29 is 4.79 Å². The van der Waals surface area contributed by atoms with Gasteiger partial charge in [-0.15, -0.1) is 0 Å². The highest BCUT2D eigenvalue weighted by atomic mass is 16.1.